The van der Waals surface area contributed by atoms with Crippen LogP contribution in [0, 0.1) is 10.1 Å². The molecule has 0 bridgehead atoms. The minimum absolute atomic E-state index is 0.0767. The predicted octanol–water partition coefficient (Wildman–Crippen LogP) is 2.28. The highest BCUT2D eigenvalue weighted by molar-refractivity contribution is 6.33. The van der Waals surface area contributed by atoms with Gasteiger partial charge in [-0.25, -0.2) is 0 Å². The zero-order chi connectivity index (χ0) is 14.8. The number of nitro groups is 1. The molecule has 0 aliphatic heterocycles. The van der Waals surface area contributed by atoms with Gasteiger partial charge in [0.05, 0.1) is 17.1 Å². The third kappa shape index (κ3) is 2.76. The average molecular weight is 299 g/mol. The van der Waals surface area contributed by atoms with Crippen molar-refractivity contribution in [2.45, 2.75) is 31.2 Å². The highest BCUT2D eigenvalue weighted by Crippen LogP contribution is 2.32. The van der Waals surface area contributed by atoms with E-state index in [-0.39, 0.29) is 17.2 Å². The average Bonchev–Trinajstić information content (AvgIpc) is 2.87. The molecule has 0 heterocycles. The molecule has 7 heteroatoms. The molecular weight excluding hydrogens is 284 g/mol. The Morgan fingerprint density at radius 2 is 2.10 bits per heavy atom. The van der Waals surface area contributed by atoms with Gasteiger partial charge >= 0.3 is 5.69 Å². The molecule has 1 aromatic carbocycles. The third-order valence-electron chi connectivity index (χ3n) is 3.66. The molecule has 0 spiro atoms. The molecule has 0 atom stereocenters. The van der Waals surface area contributed by atoms with Crippen LogP contribution in [-0.4, -0.2) is 28.1 Å². The topological polar surface area (TPSA) is 92.5 Å². The van der Waals surface area contributed by atoms with Crippen molar-refractivity contribution >= 4 is 23.2 Å². The van der Waals surface area contributed by atoms with Crippen molar-refractivity contribution < 1.29 is 14.8 Å². The van der Waals surface area contributed by atoms with E-state index in [4.69, 9.17) is 11.6 Å². The van der Waals surface area contributed by atoms with Crippen molar-refractivity contribution in [2.75, 3.05) is 6.61 Å². The largest absolute Gasteiger partial charge is 0.394 e. The Hall–Kier alpha value is -1.66. The van der Waals surface area contributed by atoms with E-state index in [0.29, 0.717) is 12.8 Å². The Morgan fingerprint density at radius 3 is 2.65 bits per heavy atom. The number of benzene rings is 1. The number of nitrogens with one attached hydrogen (secondary N) is 1. The number of para-hydroxylation sites is 1. The predicted molar refractivity (Wildman–Crippen MR) is 73.9 cm³/mol. The molecule has 2 N–H and O–H groups in total. The van der Waals surface area contributed by atoms with Gasteiger partial charge in [0.1, 0.15) is 10.6 Å². The summed E-state index contributed by atoms with van der Waals surface area (Å²) in [4.78, 5) is 22.6. The Bertz CT molecular complexity index is 541. The van der Waals surface area contributed by atoms with Crippen molar-refractivity contribution in [2.24, 2.45) is 0 Å². The minimum atomic E-state index is -0.673. The van der Waals surface area contributed by atoms with Crippen LogP contribution in [0.1, 0.15) is 36.0 Å². The second kappa shape index (κ2) is 5.76. The van der Waals surface area contributed by atoms with E-state index in [1.54, 1.807) is 0 Å². The van der Waals surface area contributed by atoms with Gasteiger partial charge in [-0.3, -0.25) is 14.9 Å². The first-order valence-electron chi connectivity index (χ1n) is 6.35. The summed E-state index contributed by atoms with van der Waals surface area (Å²) in [6, 6.07) is 4.22. The van der Waals surface area contributed by atoms with Gasteiger partial charge in [0, 0.05) is 0 Å². The van der Waals surface area contributed by atoms with E-state index in [9.17, 15) is 20.0 Å². The van der Waals surface area contributed by atoms with Gasteiger partial charge in [-0.05, 0) is 25.0 Å². The van der Waals surface area contributed by atoms with Crippen LogP contribution in [-0.2, 0) is 0 Å². The molecule has 1 saturated carbocycles. The number of halogens is 1. The molecule has 0 radical (unpaired) electrons. The summed E-state index contributed by atoms with van der Waals surface area (Å²) in [7, 11) is 0. The summed E-state index contributed by atoms with van der Waals surface area (Å²) in [5.41, 5.74) is -1.16. The lowest BCUT2D eigenvalue weighted by Crippen LogP contribution is -2.49. The maximum absolute atomic E-state index is 12.3. The van der Waals surface area contributed by atoms with Crippen LogP contribution in [0.3, 0.4) is 0 Å². The first-order chi connectivity index (χ1) is 9.49. The lowest BCUT2D eigenvalue weighted by molar-refractivity contribution is -0.385. The summed E-state index contributed by atoms with van der Waals surface area (Å²) >= 11 is 5.78. The lowest BCUT2D eigenvalue weighted by atomic mass is 9.98. The fraction of sp³-hybridized carbons (Fsp3) is 0.462. The Balaban J connectivity index is 2.30. The molecule has 6 nitrogen and oxygen atoms in total. The number of rotatable bonds is 4. The van der Waals surface area contributed by atoms with Crippen LogP contribution in [0.5, 0.6) is 0 Å². The lowest BCUT2D eigenvalue weighted by Gasteiger charge is -2.27. The SMILES string of the molecule is O=C(NC1(CO)CCCC1)c1cccc(Cl)c1[N+](=O)[O-]. The fourth-order valence-corrected chi connectivity index (χ4v) is 2.81. The molecule has 0 aromatic heterocycles. The van der Waals surface area contributed by atoms with Gasteiger partial charge in [-0.2, -0.15) is 0 Å². The van der Waals surface area contributed by atoms with E-state index in [2.05, 4.69) is 5.32 Å². The molecule has 1 fully saturated rings. The van der Waals surface area contributed by atoms with Crippen LogP contribution in [0.15, 0.2) is 18.2 Å². The molecule has 108 valence electrons. The van der Waals surface area contributed by atoms with Crippen LogP contribution in [0.25, 0.3) is 0 Å². The Labute approximate surface area is 120 Å². The number of aliphatic hydroxyl groups excluding tert-OH is 1. The van der Waals surface area contributed by atoms with Gasteiger partial charge < -0.3 is 10.4 Å². The smallest absolute Gasteiger partial charge is 0.300 e. The monoisotopic (exact) mass is 298 g/mol. The maximum atomic E-state index is 12.3. The number of carbonyl (C=O) groups is 1. The fourth-order valence-electron chi connectivity index (χ4n) is 2.57. The van der Waals surface area contributed by atoms with E-state index in [1.165, 1.54) is 18.2 Å². The zero-order valence-corrected chi connectivity index (χ0v) is 11.5. The number of amides is 1. The second-order valence-corrected chi connectivity index (χ2v) is 5.40. The number of nitrogens with zero attached hydrogens (tertiary/aromatic N) is 1. The van der Waals surface area contributed by atoms with Gasteiger partial charge in [0.15, 0.2) is 0 Å². The molecule has 0 saturated heterocycles. The van der Waals surface area contributed by atoms with Gasteiger partial charge in [-0.15, -0.1) is 0 Å². The first kappa shape index (κ1) is 14.7. The van der Waals surface area contributed by atoms with Crippen molar-refractivity contribution in [3.8, 4) is 0 Å². The summed E-state index contributed by atoms with van der Waals surface area (Å²) in [6.45, 7) is -0.174. The zero-order valence-electron chi connectivity index (χ0n) is 10.8. The van der Waals surface area contributed by atoms with Crippen LogP contribution in [0.4, 0.5) is 5.69 Å². The first-order valence-corrected chi connectivity index (χ1v) is 6.73. The molecule has 20 heavy (non-hydrogen) atoms. The second-order valence-electron chi connectivity index (χ2n) is 4.99. The quantitative estimate of drug-likeness (QED) is 0.659. The molecule has 1 aromatic rings. The van der Waals surface area contributed by atoms with Crippen LogP contribution < -0.4 is 5.32 Å². The number of hydrogen-bond donors (Lipinski definition) is 2. The molecule has 1 aliphatic carbocycles. The van der Waals surface area contributed by atoms with Crippen molar-refractivity contribution in [3.63, 3.8) is 0 Å². The third-order valence-corrected chi connectivity index (χ3v) is 3.96. The van der Waals surface area contributed by atoms with E-state index >= 15 is 0 Å². The number of nitro benzene ring substituents is 1. The standard InChI is InChI=1S/C13H15ClN2O4/c14-10-5-3-4-9(11(10)16(19)20)12(18)15-13(8-17)6-1-2-7-13/h3-5,17H,1-2,6-8H2,(H,15,18). The van der Waals surface area contributed by atoms with E-state index in [0.717, 1.165) is 12.8 Å². The molecule has 1 amide bonds. The molecule has 0 unspecified atom stereocenters. The van der Waals surface area contributed by atoms with E-state index in [1.807, 2.05) is 0 Å². The van der Waals surface area contributed by atoms with Crippen molar-refractivity contribution in [3.05, 3.63) is 38.9 Å². The van der Waals surface area contributed by atoms with Crippen molar-refractivity contribution in [1.82, 2.24) is 5.32 Å². The van der Waals surface area contributed by atoms with E-state index < -0.39 is 22.1 Å². The van der Waals surface area contributed by atoms with Gasteiger partial charge in [0.25, 0.3) is 5.91 Å². The number of aliphatic hydroxyl groups is 1. The molecule has 2 rings (SSSR count). The summed E-state index contributed by atoms with van der Waals surface area (Å²) in [6.07, 6.45) is 3.17. The van der Waals surface area contributed by atoms with Crippen LogP contribution >= 0.6 is 11.6 Å². The van der Waals surface area contributed by atoms with Gasteiger partial charge in [-0.1, -0.05) is 30.5 Å². The highest BCUT2D eigenvalue weighted by atomic mass is 35.5. The number of hydrogen-bond acceptors (Lipinski definition) is 4. The van der Waals surface area contributed by atoms with Crippen molar-refractivity contribution in [1.29, 1.82) is 0 Å². The molecular formula is C13H15ClN2O4. The summed E-state index contributed by atoms with van der Waals surface area (Å²) in [5, 5.41) is 23.1. The summed E-state index contributed by atoms with van der Waals surface area (Å²) in [5.74, 6) is -0.574. The van der Waals surface area contributed by atoms with Gasteiger partial charge in [0.2, 0.25) is 0 Å². The Kier molecular flexibility index (Phi) is 4.25. The molecule has 1 aliphatic rings. The van der Waals surface area contributed by atoms with Crippen LogP contribution in [0.2, 0.25) is 5.02 Å². The maximum Gasteiger partial charge on any atom is 0.300 e. The summed E-state index contributed by atoms with van der Waals surface area (Å²) < 4.78 is 0. The number of carbonyl (C=O) groups excluding carboxylic acids is 1. The Morgan fingerprint density at radius 1 is 1.45 bits per heavy atom. The normalized spacial score (nSPS) is 16.9. The minimum Gasteiger partial charge on any atom is -0.394 e. The highest BCUT2D eigenvalue weighted by Gasteiger charge is 2.36.